The first-order chi connectivity index (χ1) is 9.70. The third-order valence-electron chi connectivity index (χ3n) is 2.86. The minimum absolute atomic E-state index is 0.342. The van der Waals surface area contributed by atoms with Crippen molar-refractivity contribution in [3.8, 4) is 11.4 Å². The van der Waals surface area contributed by atoms with Gasteiger partial charge in [0.1, 0.15) is 5.82 Å². The number of hydrogen-bond acceptors (Lipinski definition) is 6. The van der Waals surface area contributed by atoms with Crippen LogP contribution in [-0.4, -0.2) is 32.9 Å². The van der Waals surface area contributed by atoms with Crippen LogP contribution in [0, 0.1) is 0 Å². The van der Waals surface area contributed by atoms with Crippen molar-refractivity contribution in [2.75, 3.05) is 12.8 Å². The Kier molecular flexibility index (Phi) is 2.79. The van der Waals surface area contributed by atoms with E-state index in [0.717, 1.165) is 0 Å². The molecule has 0 saturated carbocycles. The maximum Gasteiger partial charge on any atom is 0.338 e. The molecule has 0 unspecified atom stereocenters. The predicted octanol–water partition coefficient (Wildman–Crippen LogP) is 1.16. The standard InChI is InChI=1S/C13H11N5O2/c1-20-13(19)9-5-3-2-4-8(9)12-16-15-11-7-6-10(14)17-18(11)12/h2-7H,1H3,(H2,14,17). The van der Waals surface area contributed by atoms with Gasteiger partial charge in [0.2, 0.25) is 0 Å². The minimum atomic E-state index is -0.443. The zero-order valence-corrected chi connectivity index (χ0v) is 10.6. The maximum atomic E-state index is 11.8. The van der Waals surface area contributed by atoms with Gasteiger partial charge in [0.25, 0.3) is 0 Å². The van der Waals surface area contributed by atoms with E-state index in [4.69, 9.17) is 10.5 Å². The van der Waals surface area contributed by atoms with Crippen LogP contribution in [0.4, 0.5) is 5.82 Å². The Morgan fingerprint density at radius 2 is 2.00 bits per heavy atom. The lowest BCUT2D eigenvalue weighted by Crippen LogP contribution is -2.06. The highest BCUT2D eigenvalue weighted by atomic mass is 16.5. The van der Waals surface area contributed by atoms with Gasteiger partial charge in [-0.3, -0.25) is 0 Å². The van der Waals surface area contributed by atoms with Gasteiger partial charge < -0.3 is 10.5 Å². The summed E-state index contributed by atoms with van der Waals surface area (Å²) < 4.78 is 6.27. The second kappa shape index (κ2) is 4.61. The fourth-order valence-corrected chi connectivity index (χ4v) is 1.94. The minimum Gasteiger partial charge on any atom is -0.465 e. The molecule has 0 bridgehead atoms. The molecule has 0 aliphatic rings. The lowest BCUT2D eigenvalue weighted by atomic mass is 10.1. The molecule has 2 aromatic heterocycles. The molecule has 3 aromatic rings. The van der Waals surface area contributed by atoms with Crippen molar-refractivity contribution in [3.05, 3.63) is 42.0 Å². The van der Waals surface area contributed by atoms with Crippen molar-refractivity contribution in [1.82, 2.24) is 19.8 Å². The molecule has 7 heteroatoms. The molecule has 0 fully saturated rings. The van der Waals surface area contributed by atoms with Crippen molar-refractivity contribution < 1.29 is 9.53 Å². The second-order valence-electron chi connectivity index (χ2n) is 4.09. The highest BCUT2D eigenvalue weighted by Gasteiger charge is 2.17. The molecule has 20 heavy (non-hydrogen) atoms. The SMILES string of the molecule is COC(=O)c1ccccc1-c1nnc2ccc(N)nn12. The van der Waals surface area contributed by atoms with E-state index >= 15 is 0 Å². The first-order valence-electron chi connectivity index (χ1n) is 5.86. The molecule has 0 spiro atoms. The number of aromatic nitrogens is 4. The van der Waals surface area contributed by atoms with Crippen LogP contribution < -0.4 is 5.73 Å². The number of benzene rings is 1. The van der Waals surface area contributed by atoms with Gasteiger partial charge >= 0.3 is 5.97 Å². The largest absolute Gasteiger partial charge is 0.465 e. The summed E-state index contributed by atoms with van der Waals surface area (Å²) in [7, 11) is 1.33. The zero-order chi connectivity index (χ0) is 14.1. The maximum absolute atomic E-state index is 11.8. The fourth-order valence-electron chi connectivity index (χ4n) is 1.94. The topological polar surface area (TPSA) is 95.4 Å². The Balaban J connectivity index is 2.26. The summed E-state index contributed by atoms with van der Waals surface area (Å²) in [5.41, 5.74) is 7.21. The van der Waals surface area contributed by atoms with Crippen LogP contribution in [0.5, 0.6) is 0 Å². The van der Waals surface area contributed by atoms with E-state index in [0.29, 0.717) is 28.4 Å². The van der Waals surface area contributed by atoms with E-state index in [1.165, 1.54) is 11.6 Å². The third-order valence-corrected chi connectivity index (χ3v) is 2.86. The van der Waals surface area contributed by atoms with Crippen LogP contribution in [-0.2, 0) is 4.74 Å². The van der Waals surface area contributed by atoms with E-state index in [-0.39, 0.29) is 0 Å². The van der Waals surface area contributed by atoms with Crippen molar-refractivity contribution in [2.24, 2.45) is 0 Å². The Labute approximate surface area is 114 Å². The molecule has 2 heterocycles. The average molecular weight is 269 g/mol. The molecule has 3 rings (SSSR count). The van der Waals surface area contributed by atoms with Crippen LogP contribution >= 0.6 is 0 Å². The first kappa shape index (κ1) is 12.1. The highest BCUT2D eigenvalue weighted by molar-refractivity contribution is 5.96. The molecular formula is C13H11N5O2. The number of methoxy groups -OCH3 is 1. The smallest absolute Gasteiger partial charge is 0.338 e. The van der Waals surface area contributed by atoms with Crippen LogP contribution in [0.1, 0.15) is 10.4 Å². The molecule has 7 nitrogen and oxygen atoms in total. The molecule has 0 atom stereocenters. The van der Waals surface area contributed by atoms with Crippen LogP contribution in [0.3, 0.4) is 0 Å². The Hall–Kier alpha value is -2.96. The van der Waals surface area contributed by atoms with E-state index in [9.17, 15) is 4.79 Å². The van der Waals surface area contributed by atoms with Crippen molar-refractivity contribution in [1.29, 1.82) is 0 Å². The normalized spacial score (nSPS) is 10.7. The van der Waals surface area contributed by atoms with Crippen LogP contribution in [0.15, 0.2) is 36.4 Å². The monoisotopic (exact) mass is 269 g/mol. The van der Waals surface area contributed by atoms with Crippen LogP contribution in [0.25, 0.3) is 17.0 Å². The number of nitrogens with zero attached hydrogens (tertiary/aromatic N) is 4. The van der Waals surface area contributed by atoms with Crippen LogP contribution in [0.2, 0.25) is 0 Å². The van der Waals surface area contributed by atoms with Crippen molar-refractivity contribution in [2.45, 2.75) is 0 Å². The Bertz CT molecular complexity index is 796. The summed E-state index contributed by atoms with van der Waals surface area (Å²) in [4.78, 5) is 11.8. The average Bonchev–Trinajstić information content (AvgIpc) is 2.89. The van der Waals surface area contributed by atoms with Gasteiger partial charge in [-0.05, 0) is 18.2 Å². The van der Waals surface area contributed by atoms with Gasteiger partial charge in [0.15, 0.2) is 11.5 Å². The molecule has 0 amide bonds. The summed E-state index contributed by atoms with van der Waals surface area (Å²) in [5.74, 6) is 0.337. The number of carbonyl (C=O) groups excluding carboxylic acids is 1. The van der Waals surface area contributed by atoms with Gasteiger partial charge in [-0.2, -0.15) is 4.52 Å². The van der Waals surface area contributed by atoms with Gasteiger partial charge in [-0.15, -0.1) is 15.3 Å². The molecule has 2 N–H and O–H groups in total. The number of carbonyl (C=O) groups is 1. The lowest BCUT2D eigenvalue weighted by Gasteiger charge is -2.05. The number of fused-ring (bicyclic) bond motifs is 1. The van der Waals surface area contributed by atoms with Crippen molar-refractivity contribution >= 4 is 17.4 Å². The fraction of sp³-hybridized carbons (Fsp3) is 0.0769. The summed E-state index contributed by atoms with van der Waals surface area (Å²) in [6.45, 7) is 0. The molecule has 0 saturated heterocycles. The van der Waals surface area contributed by atoms with Gasteiger partial charge in [0.05, 0.1) is 12.7 Å². The van der Waals surface area contributed by atoms with Gasteiger partial charge in [-0.1, -0.05) is 18.2 Å². The van der Waals surface area contributed by atoms with Gasteiger partial charge in [0, 0.05) is 5.56 Å². The molecule has 0 aliphatic carbocycles. The number of anilines is 1. The molecule has 1 aromatic carbocycles. The number of ether oxygens (including phenoxy) is 1. The van der Waals surface area contributed by atoms with Gasteiger partial charge in [-0.25, -0.2) is 4.79 Å². The lowest BCUT2D eigenvalue weighted by molar-refractivity contribution is 0.0601. The second-order valence-corrected chi connectivity index (χ2v) is 4.09. The quantitative estimate of drug-likeness (QED) is 0.701. The Morgan fingerprint density at radius 3 is 2.80 bits per heavy atom. The van der Waals surface area contributed by atoms with E-state index in [1.54, 1.807) is 36.4 Å². The zero-order valence-electron chi connectivity index (χ0n) is 10.6. The number of esters is 1. The van der Waals surface area contributed by atoms with E-state index < -0.39 is 5.97 Å². The number of hydrogen-bond donors (Lipinski definition) is 1. The molecule has 0 aliphatic heterocycles. The number of nitrogens with two attached hydrogens (primary N) is 1. The molecular weight excluding hydrogens is 258 g/mol. The summed E-state index contributed by atoms with van der Waals surface area (Å²) in [6, 6.07) is 10.3. The molecule has 0 radical (unpaired) electrons. The Morgan fingerprint density at radius 1 is 1.20 bits per heavy atom. The predicted molar refractivity (Wildman–Crippen MR) is 72.0 cm³/mol. The molecule has 100 valence electrons. The highest BCUT2D eigenvalue weighted by Crippen LogP contribution is 2.22. The van der Waals surface area contributed by atoms with Crippen molar-refractivity contribution in [3.63, 3.8) is 0 Å². The summed E-state index contributed by atoms with van der Waals surface area (Å²) >= 11 is 0. The number of nitrogen functional groups attached to an aromatic ring is 1. The van der Waals surface area contributed by atoms with E-state index in [1.807, 2.05) is 0 Å². The summed E-state index contributed by atoms with van der Waals surface area (Å²) in [5, 5.41) is 12.2. The first-order valence-corrected chi connectivity index (χ1v) is 5.86. The third kappa shape index (κ3) is 1.85. The van der Waals surface area contributed by atoms with E-state index in [2.05, 4.69) is 15.3 Å². The summed E-state index contributed by atoms with van der Waals surface area (Å²) in [6.07, 6.45) is 0. The number of rotatable bonds is 2.